The minimum absolute atomic E-state index is 0.725. The van der Waals surface area contributed by atoms with Crippen LogP contribution in [0.5, 0.6) is 0 Å². The van der Waals surface area contributed by atoms with Crippen LogP contribution in [0.2, 0.25) is 0 Å². The van der Waals surface area contributed by atoms with Gasteiger partial charge in [0.05, 0.1) is 22.4 Å². The fraction of sp³-hybridized carbons (Fsp3) is 0. The van der Waals surface area contributed by atoms with E-state index in [-0.39, 0.29) is 0 Å². The van der Waals surface area contributed by atoms with Crippen molar-refractivity contribution in [1.82, 2.24) is 15.0 Å². The molecule has 0 atom stereocenters. The molecule has 2 heterocycles. The molecule has 0 saturated heterocycles. The Balaban J connectivity index is 1.21. The highest BCUT2D eigenvalue weighted by Crippen LogP contribution is 2.38. The van der Waals surface area contributed by atoms with E-state index in [0.717, 1.165) is 66.8 Å². The van der Waals surface area contributed by atoms with Crippen molar-refractivity contribution < 1.29 is 0 Å². The van der Waals surface area contributed by atoms with E-state index in [4.69, 9.17) is 15.0 Å². The number of hydrogen-bond donors (Lipinski definition) is 0. The van der Waals surface area contributed by atoms with E-state index in [0.29, 0.717) is 0 Å². The lowest BCUT2D eigenvalue weighted by atomic mass is 9.93. The molecule has 0 fully saturated rings. The van der Waals surface area contributed by atoms with Crippen molar-refractivity contribution >= 4 is 43.4 Å². The van der Waals surface area contributed by atoms with Crippen molar-refractivity contribution in [2.24, 2.45) is 0 Å². The quantitative estimate of drug-likeness (QED) is 0.193. The van der Waals surface area contributed by atoms with Gasteiger partial charge in [0.2, 0.25) is 0 Å². The fourth-order valence-corrected chi connectivity index (χ4v) is 6.65. The Morgan fingerprint density at radius 2 is 0.848 bits per heavy atom. The van der Waals surface area contributed by atoms with Crippen LogP contribution < -0.4 is 0 Å². The molecule has 0 aliphatic heterocycles. The van der Waals surface area contributed by atoms with E-state index in [9.17, 15) is 0 Å². The first kappa shape index (κ1) is 26.2. The van der Waals surface area contributed by atoms with Crippen molar-refractivity contribution in [2.75, 3.05) is 0 Å². The van der Waals surface area contributed by atoms with Crippen LogP contribution >= 0.6 is 0 Å². The van der Waals surface area contributed by atoms with Gasteiger partial charge < -0.3 is 0 Å². The molecule has 2 aromatic heterocycles. The predicted molar refractivity (Wildman–Crippen MR) is 192 cm³/mol. The van der Waals surface area contributed by atoms with Gasteiger partial charge in [-0.15, -0.1) is 0 Å². The van der Waals surface area contributed by atoms with E-state index in [2.05, 4.69) is 140 Å². The van der Waals surface area contributed by atoms with Gasteiger partial charge in [-0.2, -0.15) is 0 Å². The molecule has 0 aliphatic carbocycles. The van der Waals surface area contributed by atoms with Crippen LogP contribution in [0, 0.1) is 0 Å². The highest BCUT2D eigenvalue weighted by atomic mass is 14.9. The van der Waals surface area contributed by atoms with Crippen LogP contribution in [0.1, 0.15) is 0 Å². The lowest BCUT2D eigenvalue weighted by Crippen LogP contribution is -1.95. The highest BCUT2D eigenvalue weighted by molar-refractivity contribution is 6.22. The van der Waals surface area contributed by atoms with E-state index < -0.39 is 0 Å². The zero-order chi connectivity index (χ0) is 30.5. The van der Waals surface area contributed by atoms with Crippen LogP contribution in [0.25, 0.3) is 88.4 Å². The number of rotatable bonds is 4. The molecule has 7 aromatic carbocycles. The summed E-state index contributed by atoms with van der Waals surface area (Å²) in [4.78, 5) is 15.2. The smallest absolute Gasteiger partial charge is 0.160 e. The first-order valence-electron chi connectivity index (χ1n) is 15.5. The summed E-state index contributed by atoms with van der Waals surface area (Å²) >= 11 is 0. The number of benzene rings is 7. The molecule has 0 N–H and O–H groups in total. The molecule has 0 radical (unpaired) electrons. The molecule has 9 rings (SSSR count). The Morgan fingerprint density at radius 3 is 1.59 bits per heavy atom. The average molecular weight is 586 g/mol. The molecule has 0 aliphatic rings. The number of hydrogen-bond acceptors (Lipinski definition) is 3. The standard InChI is InChI=1S/C43H27N3/c1-2-13-29(14-3-1)43-45-39-23-9-7-21-36(39)41(46-43)32-17-10-15-30(26-32)31-16-11-18-33(27-31)42-37-25-24-28-12-4-5-19-34(28)40(37)35-20-6-8-22-38(35)44-42/h1-27H. The summed E-state index contributed by atoms with van der Waals surface area (Å²) in [7, 11) is 0. The summed E-state index contributed by atoms with van der Waals surface area (Å²) in [6.45, 7) is 0. The van der Waals surface area contributed by atoms with Gasteiger partial charge in [0, 0.05) is 38.2 Å². The molecule has 3 nitrogen and oxygen atoms in total. The van der Waals surface area contributed by atoms with Crippen LogP contribution in [0.3, 0.4) is 0 Å². The minimum Gasteiger partial charge on any atom is -0.247 e. The third kappa shape index (κ3) is 4.41. The van der Waals surface area contributed by atoms with E-state index >= 15 is 0 Å². The second-order valence-corrected chi connectivity index (χ2v) is 11.6. The van der Waals surface area contributed by atoms with Gasteiger partial charge in [0.1, 0.15) is 0 Å². The normalized spacial score (nSPS) is 11.5. The zero-order valence-electron chi connectivity index (χ0n) is 24.9. The Hall–Kier alpha value is -6.19. The van der Waals surface area contributed by atoms with Crippen molar-refractivity contribution in [3.8, 4) is 45.0 Å². The first-order chi connectivity index (χ1) is 22.8. The Morgan fingerprint density at radius 1 is 0.304 bits per heavy atom. The topological polar surface area (TPSA) is 38.7 Å². The van der Waals surface area contributed by atoms with Gasteiger partial charge in [-0.1, -0.05) is 140 Å². The van der Waals surface area contributed by atoms with Crippen molar-refractivity contribution in [1.29, 1.82) is 0 Å². The van der Waals surface area contributed by atoms with Gasteiger partial charge in [-0.05, 0) is 46.2 Å². The lowest BCUT2D eigenvalue weighted by molar-refractivity contribution is 1.23. The van der Waals surface area contributed by atoms with Gasteiger partial charge >= 0.3 is 0 Å². The molecule has 0 saturated carbocycles. The number of pyridine rings is 1. The minimum atomic E-state index is 0.725. The molecular weight excluding hydrogens is 558 g/mol. The van der Waals surface area contributed by atoms with Crippen LogP contribution in [-0.4, -0.2) is 15.0 Å². The summed E-state index contributed by atoms with van der Waals surface area (Å²) < 4.78 is 0. The Bertz CT molecular complexity index is 2570. The second kappa shape index (κ2) is 10.8. The molecule has 3 heteroatoms. The maximum absolute atomic E-state index is 5.24. The Labute approximate surface area is 266 Å². The SMILES string of the molecule is c1ccc(-c2nc(-c3cccc(-c4cccc(-c5nc6ccccc6c6c5ccc5ccccc56)c4)c3)c3ccccc3n2)cc1. The Kier molecular flexibility index (Phi) is 6.14. The molecule has 0 spiro atoms. The number of nitrogens with zero attached hydrogens (tertiary/aromatic N) is 3. The summed E-state index contributed by atoms with van der Waals surface area (Å²) in [5, 5.41) is 7.09. The van der Waals surface area contributed by atoms with Crippen LogP contribution in [0.15, 0.2) is 164 Å². The summed E-state index contributed by atoms with van der Waals surface area (Å²) in [6, 6.07) is 57.4. The molecule has 0 amide bonds. The van der Waals surface area contributed by atoms with Crippen molar-refractivity contribution in [3.05, 3.63) is 164 Å². The van der Waals surface area contributed by atoms with Gasteiger partial charge in [0.15, 0.2) is 5.82 Å². The third-order valence-electron chi connectivity index (χ3n) is 8.83. The third-order valence-corrected chi connectivity index (χ3v) is 8.83. The maximum Gasteiger partial charge on any atom is 0.160 e. The van der Waals surface area contributed by atoms with Gasteiger partial charge in [0.25, 0.3) is 0 Å². The van der Waals surface area contributed by atoms with Crippen molar-refractivity contribution in [2.45, 2.75) is 0 Å². The fourth-order valence-electron chi connectivity index (χ4n) is 6.65. The first-order valence-corrected chi connectivity index (χ1v) is 15.5. The van der Waals surface area contributed by atoms with Crippen LogP contribution in [0.4, 0.5) is 0 Å². The van der Waals surface area contributed by atoms with E-state index in [1.807, 2.05) is 24.3 Å². The highest BCUT2D eigenvalue weighted by Gasteiger charge is 2.15. The molecule has 0 bridgehead atoms. The summed E-state index contributed by atoms with van der Waals surface area (Å²) in [5.41, 5.74) is 9.25. The molecular formula is C43H27N3. The van der Waals surface area contributed by atoms with Gasteiger partial charge in [-0.25, -0.2) is 15.0 Å². The number of para-hydroxylation sites is 2. The predicted octanol–water partition coefficient (Wildman–Crippen LogP) is 11.2. The van der Waals surface area contributed by atoms with Gasteiger partial charge in [-0.3, -0.25) is 0 Å². The molecule has 9 aromatic rings. The number of aromatic nitrogens is 3. The zero-order valence-corrected chi connectivity index (χ0v) is 24.9. The monoisotopic (exact) mass is 585 g/mol. The van der Waals surface area contributed by atoms with E-state index in [1.165, 1.54) is 21.5 Å². The van der Waals surface area contributed by atoms with E-state index in [1.54, 1.807) is 0 Å². The molecule has 0 unspecified atom stereocenters. The second-order valence-electron chi connectivity index (χ2n) is 11.6. The molecule has 214 valence electrons. The largest absolute Gasteiger partial charge is 0.247 e. The van der Waals surface area contributed by atoms with Crippen molar-refractivity contribution in [3.63, 3.8) is 0 Å². The average Bonchev–Trinajstić information content (AvgIpc) is 3.14. The summed E-state index contributed by atoms with van der Waals surface area (Å²) in [6.07, 6.45) is 0. The molecule has 46 heavy (non-hydrogen) atoms. The maximum atomic E-state index is 5.24. The van der Waals surface area contributed by atoms with Crippen LogP contribution in [-0.2, 0) is 0 Å². The summed E-state index contributed by atoms with van der Waals surface area (Å²) in [5.74, 6) is 0.725. The lowest BCUT2D eigenvalue weighted by Gasteiger charge is -2.14. The number of fused-ring (bicyclic) bond motifs is 6.